The van der Waals surface area contributed by atoms with E-state index in [-0.39, 0.29) is 0 Å². The smallest absolute Gasteiger partial charge is 0.225 e. The Bertz CT molecular complexity index is 585. The highest BCUT2D eigenvalue weighted by Crippen LogP contribution is 2.34. The number of carbonyl (C=O) groups excluding carboxylic acids is 1. The quantitative estimate of drug-likeness (QED) is 0.857. The van der Waals surface area contributed by atoms with Gasteiger partial charge in [0.05, 0.1) is 11.7 Å². The number of carbonyl (C=O) groups is 1. The van der Waals surface area contributed by atoms with E-state index in [1.165, 1.54) is 17.0 Å². The largest absolute Gasteiger partial charge is 0.381 e. The minimum atomic E-state index is 0.316. The Morgan fingerprint density at radius 1 is 1.26 bits per heavy atom. The van der Waals surface area contributed by atoms with Crippen LogP contribution in [0.1, 0.15) is 62.0 Å². The second-order valence-electron chi connectivity index (χ2n) is 7.19. The third kappa shape index (κ3) is 2.91. The van der Waals surface area contributed by atoms with Crippen molar-refractivity contribution in [3.05, 3.63) is 17.0 Å². The molecule has 2 aliphatic heterocycles. The first kappa shape index (κ1) is 15.2. The zero-order chi connectivity index (χ0) is 15.8. The zero-order valence-corrected chi connectivity index (χ0v) is 14.1. The van der Waals surface area contributed by atoms with Crippen LogP contribution in [-0.2, 0) is 28.9 Å². The van der Waals surface area contributed by atoms with Gasteiger partial charge in [-0.1, -0.05) is 13.3 Å². The number of aromatic nitrogens is 2. The summed E-state index contributed by atoms with van der Waals surface area (Å²) in [6, 6.07) is 0.480. The van der Waals surface area contributed by atoms with Crippen molar-refractivity contribution in [3.8, 4) is 0 Å². The van der Waals surface area contributed by atoms with Gasteiger partial charge in [0.2, 0.25) is 5.91 Å². The molecule has 0 radical (unpaired) electrons. The molecule has 1 aliphatic carbocycles. The van der Waals surface area contributed by atoms with Gasteiger partial charge in [0.25, 0.3) is 0 Å². The summed E-state index contributed by atoms with van der Waals surface area (Å²) in [6.07, 6.45) is 7.38. The first-order chi connectivity index (χ1) is 11.3. The summed E-state index contributed by atoms with van der Waals surface area (Å²) in [5.74, 6) is 0.689. The molecule has 0 N–H and O–H groups in total. The molecule has 1 saturated carbocycles. The average Bonchev–Trinajstić information content (AvgIpc) is 3.38. The summed E-state index contributed by atoms with van der Waals surface area (Å²) in [7, 11) is 0. The molecule has 1 saturated heterocycles. The van der Waals surface area contributed by atoms with E-state index < -0.39 is 0 Å². The minimum Gasteiger partial charge on any atom is -0.381 e. The third-order valence-corrected chi connectivity index (χ3v) is 5.43. The molecule has 0 spiro atoms. The van der Waals surface area contributed by atoms with Gasteiger partial charge in [0.1, 0.15) is 0 Å². The van der Waals surface area contributed by atoms with Crippen LogP contribution in [0.3, 0.4) is 0 Å². The second-order valence-corrected chi connectivity index (χ2v) is 7.19. The zero-order valence-electron chi connectivity index (χ0n) is 14.1. The summed E-state index contributed by atoms with van der Waals surface area (Å²) in [5.41, 5.74) is 3.96. The van der Waals surface area contributed by atoms with E-state index in [2.05, 4.69) is 16.5 Å². The number of aryl methyl sites for hydroxylation is 1. The highest BCUT2D eigenvalue weighted by Gasteiger charge is 2.36. The molecular formula is C18H27N3O2. The van der Waals surface area contributed by atoms with Gasteiger partial charge in [-0.05, 0) is 32.1 Å². The molecule has 5 heteroatoms. The van der Waals surface area contributed by atoms with Crippen LogP contribution in [-0.4, -0.2) is 40.3 Å². The van der Waals surface area contributed by atoms with Crippen LogP contribution in [0.5, 0.6) is 0 Å². The van der Waals surface area contributed by atoms with Crippen molar-refractivity contribution >= 4 is 5.91 Å². The standard InChI is InChI=1S/C18H27N3O2/c1-2-3-16-15-12-20(18(22)13-4-5-13)9-6-17(15)21(19-16)14-7-10-23-11-8-14/h13-14H,2-12H2,1H3. The Kier molecular flexibility index (Phi) is 4.14. The molecular weight excluding hydrogens is 290 g/mol. The summed E-state index contributed by atoms with van der Waals surface area (Å²) in [6.45, 7) is 5.53. The maximum Gasteiger partial charge on any atom is 0.225 e. The van der Waals surface area contributed by atoms with E-state index in [1.54, 1.807) is 0 Å². The lowest BCUT2D eigenvalue weighted by atomic mass is 10.0. The third-order valence-electron chi connectivity index (χ3n) is 5.43. The molecule has 0 bridgehead atoms. The van der Waals surface area contributed by atoms with Crippen molar-refractivity contribution in [1.82, 2.24) is 14.7 Å². The van der Waals surface area contributed by atoms with Crippen molar-refractivity contribution < 1.29 is 9.53 Å². The number of nitrogens with zero attached hydrogens (tertiary/aromatic N) is 3. The molecule has 1 aromatic heterocycles. The van der Waals surface area contributed by atoms with Crippen molar-refractivity contribution in [3.63, 3.8) is 0 Å². The van der Waals surface area contributed by atoms with Gasteiger partial charge in [-0.2, -0.15) is 5.10 Å². The van der Waals surface area contributed by atoms with Crippen molar-refractivity contribution in [2.24, 2.45) is 5.92 Å². The Labute approximate surface area is 138 Å². The molecule has 4 rings (SSSR count). The SMILES string of the molecule is CCCc1nn(C2CCOCC2)c2c1CN(C(=O)C1CC1)CC2. The monoisotopic (exact) mass is 317 g/mol. The lowest BCUT2D eigenvalue weighted by Gasteiger charge is -2.30. The summed E-state index contributed by atoms with van der Waals surface area (Å²) in [4.78, 5) is 14.5. The summed E-state index contributed by atoms with van der Waals surface area (Å²) in [5, 5.41) is 4.98. The van der Waals surface area contributed by atoms with E-state index in [4.69, 9.17) is 9.84 Å². The molecule has 0 unspecified atom stereocenters. The number of ether oxygens (including phenoxy) is 1. The van der Waals surface area contributed by atoms with Crippen LogP contribution in [0.2, 0.25) is 0 Å². The second kappa shape index (κ2) is 6.27. The van der Waals surface area contributed by atoms with Gasteiger partial charge in [-0.3, -0.25) is 9.48 Å². The van der Waals surface area contributed by atoms with Crippen LogP contribution in [0.15, 0.2) is 0 Å². The predicted molar refractivity (Wildman–Crippen MR) is 87.2 cm³/mol. The maximum atomic E-state index is 12.4. The van der Waals surface area contributed by atoms with Crippen LogP contribution in [0.4, 0.5) is 0 Å². The topological polar surface area (TPSA) is 47.4 Å². The first-order valence-corrected chi connectivity index (χ1v) is 9.23. The number of hydrogen-bond donors (Lipinski definition) is 0. The molecule has 23 heavy (non-hydrogen) atoms. The molecule has 3 aliphatic rings. The van der Waals surface area contributed by atoms with Crippen molar-refractivity contribution in [2.75, 3.05) is 19.8 Å². The van der Waals surface area contributed by atoms with Crippen molar-refractivity contribution in [1.29, 1.82) is 0 Å². The maximum absolute atomic E-state index is 12.4. The molecule has 3 heterocycles. The van der Waals surface area contributed by atoms with Crippen LogP contribution < -0.4 is 0 Å². The lowest BCUT2D eigenvalue weighted by molar-refractivity contribution is -0.133. The average molecular weight is 317 g/mol. The van der Waals surface area contributed by atoms with E-state index >= 15 is 0 Å². The summed E-state index contributed by atoms with van der Waals surface area (Å²) >= 11 is 0. The van der Waals surface area contributed by atoms with Gasteiger partial charge in [0.15, 0.2) is 0 Å². The molecule has 5 nitrogen and oxygen atoms in total. The highest BCUT2D eigenvalue weighted by molar-refractivity contribution is 5.81. The Balaban J connectivity index is 1.61. The number of amides is 1. The fourth-order valence-corrected chi connectivity index (χ4v) is 3.96. The van der Waals surface area contributed by atoms with Crippen molar-refractivity contribution in [2.45, 2.75) is 64.5 Å². The molecule has 0 aromatic carbocycles. The van der Waals surface area contributed by atoms with Crippen LogP contribution in [0.25, 0.3) is 0 Å². The minimum absolute atomic E-state index is 0.316. The number of hydrogen-bond acceptors (Lipinski definition) is 3. The normalized spacial score (nSPS) is 22.2. The van der Waals surface area contributed by atoms with Crippen LogP contribution >= 0.6 is 0 Å². The fourth-order valence-electron chi connectivity index (χ4n) is 3.96. The van der Waals surface area contributed by atoms with Gasteiger partial charge < -0.3 is 9.64 Å². The summed E-state index contributed by atoms with van der Waals surface area (Å²) < 4.78 is 7.80. The fraction of sp³-hybridized carbons (Fsp3) is 0.778. The Morgan fingerprint density at radius 3 is 2.74 bits per heavy atom. The Morgan fingerprint density at radius 2 is 2.04 bits per heavy atom. The number of rotatable bonds is 4. The Hall–Kier alpha value is -1.36. The van der Waals surface area contributed by atoms with Gasteiger partial charge in [0, 0.05) is 49.9 Å². The highest BCUT2D eigenvalue weighted by atomic mass is 16.5. The van der Waals surface area contributed by atoms with Crippen LogP contribution in [0, 0.1) is 5.92 Å². The number of fused-ring (bicyclic) bond motifs is 1. The molecule has 2 fully saturated rings. The predicted octanol–water partition coefficient (Wildman–Crippen LogP) is 2.48. The van der Waals surface area contributed by atoms with E-state index in [9.17, 15) is 4.79 Å². The van der Waals surface area contributed by atoms with Gasteiger partial charge >= 0.3 is 0 Å². The van der Waals surface area contributed by atoms with Gasteiger partial charge in [-0.15, -0.1) is 0 Å². The van der Waals surface area contributed by atoms with E-state index in [1.807, 2.05) is 0 Å². The van der Waals surface area contributed by atoms with E-state index in [0.29, 0.717) is 17.9 Å². The van der Waals surface area contributed by atoms with Gasteiger partial charge in [-0.25, -0.2) is 0 Å². The molecule has 1 aromatic rings. The molecule has 1 amide bonds. The first-order valence-electron chi connectivity index (χ1n) is 9.23. The molecule has 126 valence electrons. The lowest BCUT2D eigenvalue weighted by Crippen LogP contribution is -2.37. The van der Waals surface area contributed by atoms with E-state index in [0.717, 1.165) is 71.2 Å². The molecule has 0 atom stereocenters.